The molecule has 0 spiro atoms. The average Bonchev–Trinajstić information content (AvgIpc) is 3.44. The molecule has 0 bridgehead atoms. The summed E-state index contributed by atoms with van der Waals surface area (Å²) in [5.41, 5.74) is 11.0. The van der Waals surface area contributed by atoms with E-state index >= 15 is 0 Å². The largest absolute Gasteiger partial charge is 0.480 e. The predicted molar refractivity (Wildman–Crippen MR) is 202 cm³/mol. The van der Waals surface area contributed by atoms with Gasteiger partial charge < -0.3 is 82.8 Å². The lowest BCUT2D eigenvalue weighted by molar-refractivity contribution is -0.166. The van der Waals surface area contributed by atoms with Crippen LogP contribution in [0.25, 0.3) is 0 Å². The lowest BCUT2D eigenvalue weighted by atomic mass is 10.0. The number of aliphatic carboxylic acids is 1. The number of hydrogen-bond acceptors (Lipinski definition) is 19. The summed E-state index contributed by atoms with van der Waals surface area (Å²) in [7, 11) is -5.34. The summed E-state index contributed by atoms with van der Waals surface area (Å²) in [5, 5.41) is 60.2. The van der Waals surface area contributed by atoms with Gasteiger partial charge in [0.05, 0.1) is 31.8 Å². The Labute approximate surface area is 348 Å². The van der Waals surface area contributed by atoms with E-state index < -0.39 is 148 Å². The standard InChI is InChI=1S/C33H56N7O20P/c1-15(43)23(30(50)37-18(8-4-6-12-35)28(48)38-19(13-41)32(52)53)40-31(51)24(16(2)44)39-29(49)17(7-3-5-11-34)36-21(45)9-10-22(46)58-20(14-42)26-25(47)27(33(54)59-26)60-61(55,56)57/h15-20,23-24,26-27,41-44H,3-14,34-35H2,1-2H3,(H,36,45)(H,37,50)(H,38,48)(H,39,49)(H,40,51)(H,52,53)(H2,55,56,57)/t15-,16-,17+,18+,19+,20?,23+,24+,26?,27?/m1/s1. The molecule has 5 amide bonds. The second-order valence-corrected chi connectivity index (χ2v) is 14.9. The van der Waals surface area contributed by atoms with Gasteiger partial charge in [0.1, 0.15) is 30.2 Å². The number of phosphoric ester groups is 1. The predicted octanol–water partition coefficient (Wildman–Crippen LogP) is -6.84. The van der Waals surface area contributed by atoms with E-state index in [0.717, 1.165) is 13.8 Å². The van der Waals surface area contributed by atoms with Crippen molar-refractivity contribution < 1.29 is 97.0 Å². The number of rotatable bonds is 29. The minimum absolute atomic E-state index is 0.0697. The van der Waals surface area contributed by atoms with E-state index in [1.807, 2.05) is 0 Å². The summed E-state index contributed by atoms with van der Waals surface area (Å²) < 4.78 is 24.8. The second kappa shape index (κ2) is 26.6. The molecule has 1 fully saturated rings. The van der Waals surface area contributed by atoms with Crippen molar-refractivity contribution in [2.75, 3.05) is 26.3 Å². The summed E-state index contributed by atoms with van der Waals surface area (Å²) in [6.45, 7) is 0.509. The van der Waals surface area contributed by atoms with Crippen LogP contribution in [0.4, 0.5) is 0 Å². The van der Waals surface area contributed by atoms with Crippen LogP contribution in [0.2, 0.25) is 0 Å². The molecule has 348 valence electrons. The topological polar surface area (TPSA) is 452 Å². The number of aliphatic hydroxyl groups is 4. The molecule has 16 N–H and O–H groups in total. The first-order valence-electron chi connectivity index (χ1n) is 18.9. The van der Waals surface area contributed by atoms with Gasteiger partial charge in [0.2, 0.25) is 47.5 Å². The Morgan fingerprint density at radius 3 is 1.66 bits per heavy atom. The van der Waals surface area contributed by atoms with E-state index in [0.29, 0.717) is 12.8 Å². The minimum atomic E-state index is -5.34. The SMILES string of the molecule is C[C@@H](O)[C@H](NC(=O)[C@H](CCCCN)NC(=O)CCC(=O)OC(CO)C1OC(=O)C(OP(=O)(O)O)C1=O)C(=O)N[C@H](C(=O)N[C@@H](CCCCN)C(=O)N[C@@H](CO)C(=O)O)[C@@H](C)O. The summed E-state index contributed by atoms with van der Waals surface area (Å²) in [4.78, 5) is 132. The number of phosphoric acid groups is 1. The van der Waals surface area contributed by atoms with Crippen molar-refractivity contribution in [3.05, 3.63) is 0 Å². The molecule has 1 heterocycles. The number of nitrogens with two attached hydrogens (primary N) is 2. The van der Waals surface area contributed by atoms with Crippen molar-refractivity contribution in [1.29, 1.82) is 0 Å². The first-order chi connectivity index (χ1) is 28.5. The number of carbonyl (C=O) groups excluding carboxylic acids is 8. The zero-order valence-electron chi connectivity index (χ0n) is 33.3. The maximum absolute atomic E-state index is 13.5. The van der Waals surface area contributed by atoms with Gasteiger partial charge in [0, 0.05) is 6.42 Å². The highest BCUT2D eigenvalue weighted by Gasteiger charge is 2.51. The van der Waals surface area contributed by atoms with E-state index in [1.54, 1.807) is 0 Å². The number of ketones is 1. The third kappa shape index (κ3) is 18.8. The summed E-state index contributed by atoms with van der Waals surface area (Å²) in [5.74, 6) is -11.0. The van der Waals surface area contributed by atoms with Gasteiger partial charge in [0.15, 0.2) is 6.10 Å². The first kappa shape index (κ1) is 54.3. The molecular weight excluding hydrogens is 845 g/mol. The number of cyclic esters (lactones) is 1. The quantitative estimate of drug-likeness (QED) is 0.0144. The molecule has 0 radical (unpaired) electrons. The number of aliphatic hydroxyl groups excluding tert-OH is 4. The van der Waals surface area contributed by atoms with Gasteiger partial charge in [-0.25, -0.2) is 14.2 Å². The van der Waals surface area contributed by atoms with Crippen molar-refractivity contribution >= 4 is 61.0 Å². The first-order valence-corrected chi connectivity index (χ1v) is 20.4. The van der Waals surface area contributed by atoms with Crippen molar-refractivity contribution in [1.82, 2.24) is 26.6 Å². The zero-order valence-corrected chi connectivity index (χ0v) is 34.2. The Kier molecular flexibility index (Phi) is 23.7. The highest BCUT2D eigenvalue weighted by Crippen LogP contribution is 2.40. The highest BCUT2D eigenvalue weighted by atomic mass is 31.2. The third-order valence-electron chi connectivity index (χ3n) is 8.70. The molecule has 0 aliphatic carbocycles. The number of ether oxygens (including phenoxy) is 2. The molecule has 1 saturated heterocycles. The van der Waals surface area contributed by atoms with E-state index in [9.17, 15) is 73.2 Å². The van der Waals surface area contributed by atoms with Crippen molar-refractivity contribution in [3.63, 3.8) is 0 Å². The van der Waals surface area contributed by atoms with Crippen molar-refractivity contribution in [2.24, 2.45) is 11.5 Å². The zero-order chi connectivity index (χ0) is 46.6. The van der Waals surface area contributed by atoms with Gasteiger partial charge in [-0.3, -0.25) is 38.1 Å². The van der Waals surface area contributed by atoms with Gasteiger partial charge in [-0.15, -0.1) is 0 Å². The highest BCUT2D eigenvalue weighted by molar-refractivity contribution is 7.46. The minimum Gasteiger partial charge on any atom is -0.480 e. The van der Waals surface area contributed by atoms with Gasteiger partial charge >= 0.3 is 25.7 Å². The second-order valence-electron chi connectivity index (χ2n) is 13.7. The van der Waals surface area contributed by atoms with Crippen LogP contribution in [0, 0.1) is 0 Å². The Balaban J connectivity index is 3.06. The fourth-order valence-electron chi connectivity index (χ4n) is 5.46. The number of amides is 5. The molecule has 27 nitrogen and oxygen atoms in total. The van der Waals surface area contributed by atoms with E-state index in [-0.39, 0.29) is 38.8 Å². The maximum atomic E-state index is 13.5. The molecule has 28 heteroatoms. The number of hydrogen-bond donors (Lipinski definition) is 14. The number of unbranched alkanes of at least 4 members (excludes halogenated alkanes) is 2. The molecule has 0 aromatic heterocycles. The number of nitrogens with one attached hydrogen (secondary N) is 5. The van der Waals surface area contributed by atoms with Crippen LogP contribution in [0.3, 0.4) is 0 Å². The molecule has 10 atom stereocenters. The van der Waals surface area contributed by atoms with Gasteiger partial charge in [-0.2, -0.15) is 0 Å². The number of carboxylic acids is 1. The van der Waals surface area contributed by atoms with Crippen LogP contribution in [0.15, 0.2) is 0 Å². The van der Waals surface area contributed by atoms with Crippen LogP contribution >= 0.6 is 7.82 Å². The average molecular weight is 902 g/mol. The third-order valence-corrected chi connectivity index (χ3v) is 9.18. The van der Waals surface area contributed by atoms with Crippen molar-refractivity contribution in [3.8, 4) is 0 Å². The van der Waals surface area contributed by atoms with Gasteiger partial charge in [-0.05, 0) is 65.5 Å². The molecule has 0 aromatic carbocycles. The summed E-state index contributed by atoms with van der Waals surface area (Å²) in [6.07, 6.45) is -9.83. The van der Waals surface area contributed by atoms with E-state index in [4.69, 9.17) is 26.0 Å². The van der Waals surface area contributed by atoms with Crippen LogP contribution in [-0.2, 0) is 61.7 Å². The molecule has 1 aliphatic heterocycles. The smallest absolute Gasteiger partial charge is 0.470 e. The molecule has 3 unspecified atom stereocenters. The van der Waals surface area contributed by atoms with E-state index in [2.05, 4.69) is 35.8 Å². The number of carbonyl (C=O) groups is 9. The Bertz CT molecular complexity index is 1600. The lowest BCUT2D eigenvalue weighted by Gasteiger charge is -2.29. The van der Waals surface area contributed by atoms with Gasteiger partial charge in [0.25, 0.3) is 0 Å². The Hall–Kier alpha value is -4.70. The lowest BCUT2D eigenvalue weighted by Crippen LogP contribution is -2.62. The number of Topliss-reactive ketones (excluding diaryl/α,β-unsaturated/α-hetero) is 1. The normalized spacial score (nSPS) is 19.1. The van der Waals surface area contributed by atoms with Crippen molar-refractivity contribution in [2.45, 2.75) is 126 Å². The monoisotopic (exact) mass is 901 g/mol. The van der Waals surface area contributed by atoms with Gasteiger partial charge in [-0.1, -0.05) is 0 Å². The molecule has 1 rings (SSSR count). The molecular formula is C33H56N7O20P. The summed E-state index contributed by atoms with van der Waals surface area (Å²) in [6, 6.07) is -8.21. The molecule has 0 saturated carbocycles. The van der Waals surface area contributed by atoms with Crippen LogP contribution < -0.4 is 38.1 Å². The summed E-state index contributed by atoms with van der Waals surface area (Å²) >= 11 is 0. The Morgan fingerprint density at radius 1 is 0.721 bits per heavy atom. The fraction of sp³-hybridized carbons (Fsp3) is 0.727. The molecule has 1 aliphatic rings. The van der Waals surface area contributed by atoms with Crippen LogP contribution in [-0.4, -0.2) is 176 Å². The molecule has 61 heavy (non-hydrogen) atoms. The molecule has 0 aromatic rings. The maximum Gasteiger partial charge on any atom is 0.470 e. The number of carboxylic acid groups (broad SMARTS) is 1. The number of esters is 2. The van der Waals surface area contributed by atoms with Crippen LogP contribution in [0.1, 0.15) is 65.2 Å². The fourth-order valence-corrected chi connectivity index (χ4v) is 5.92. The van der Waals surface area contributed by atoms with E-state index in [1.165, 1.54) is 0 Å². The van der Waals surface area contributed by atoms with Crippen LogP contribution in [0.5, 0.6) is 0 Å². The Morgan fingerprint density at radius 2 is 1.20 bits per heavy atom.